The van der Waals surface area contributed by atoms with Gasteiger partial charge in [-0.05, 0) is 19.1 Å². The lowest BCUT2D eigenvalue weighted by atomic mass is 10.2. The van der Waals surface area contributed by atoms with E-state index in [2.05, 4.69) is 33.2 Å². The Morgan fingerprint density at radius 1 is 1.27 bits per heavy atom. The quantitative estimate of drug-likeness (QED) is 0.526. The van der Waals surface area contributed by atoms with Gasteiger partial charge in [-0.1, -0.05) is 12.1 Å². The molecule has 1 aromatic carbocycles. The van der Waals surface area contributed by atoms with Crippen molar-refractivity contribution in [3.05, 3.63) is 29.8 Å². The fourth-order valence-electron chi connectivity index (χ4n) is 1.38. The van der Waals surface area contributed by atoms with Gasteiger partial charge in [0.25, 0.3) is 0 Å². The van der Waals surface area contributed by atoms with Crippen molar-refractivity contribution >= 4 is 0 Å². The molecule has 86 valence electrons. The van der Waals surface area contributed by atoms with Gasteiger partial charge in [0.1, 0.15) is 12.3 Å². The van der Waals surface area contributed by atoms with Crippen LogP contribution < -0.4 is 28.7 Å². The molecule has 0 aromatic heterocycles. The minimum atomic E-state index is 0. The summed E-state index contributed by atoms with van der Waals surface area (Å²) in [5.74, 6) is 0.943. The zero-order valence-corrected chi connectivity index (χ0v) is 12.1. The van der Waals surface area contributed by atoms with E-state index in [0.717, 1.165) is 23.3 Å². The van der Waals surface area contributed by atoms with E-state index in [0.29, 0.717) is 0 Å². The monoisotopic (exact) mass is 321 g/mol. The van der Waals surface area contributed by atoms with Crippen molar-refractivity contribution in [2.75, 3.05) is 27.7 Å². The number of hydrogen-bond acceptors (Lipinski definition) is 1. The molecule has 0 atom stereocenters. The number of halogens is 1. The molecule has 0 heterocycles. The number of benzene rings is 1. The number of rotatable bonds is 4. The highest BCUT2D eigenvalue weighted by molar-refractivity contribution is 5.27. The van der Waals surface area contributed by atoms with E-state index in [-0.39, 0.29) is 24.0 Å². The molecule has 0 aliphatic heterocycles. The zero-order chi connectivity index (χ0) is 10.6. The second kappa shape index (κ2) is 6.33. The fraction of sp³-hybridized carbons (Fsp3) is 0.500. The Hall–Kier alpha value is -0.290. The van der Waals surface area contributed by atoms with Gasteiger partial charge in [0.05, 0.1) is 27.7 Å². The number of methoxy groups -OCH3 is 1. The first kappa shape index (κ1) is 14.7. The molecular weight excluding hydrogens is 301 g/mol. The smallest absolute Gasteiger partial charge is 0.119 e. The van der Waals surface area contributed by atoms with Crippen molar-refractivity contribution in [2.45, 2.75) is 13.5 Å². The van der Waals surface area contributed by atoms with E-state index in [1.54, 1.807) is 7.11 Å². The molecule has 0 saturated heterocycles. The third-order valence-corrected chi connectivity index (χ3v) is 2.60. The van der Waals surface area contributed by atoms with Gasteiger partial charge in [-0.15, -0.1) is 0 Å². The minimum Gasteiger partial charge on any atom is -1.00 e. The van der Waals surface area contributed by atoms with Gasteiger partial charge in [0, 0.05) is 5.56 Å². The van der Waals surface area contributed by atoms with E-state index in [1.165, 1.54) is 5.56 Å². The molecule has 3 heteroatoms. The number of ether oxygens (including phenoxy) is 1. The molecule has 1 rings (SSSR count). The van der Waals surface area contributed by atoms with E-state index in [1.807, 2.05) is 12.1 Å². The highest BCUT2D eigenvalue weighted by Crippen LogP contribution is 2.15. The van der Waals surface area contributed by atoms with Crippen LogP contribution in [-0.2, 0) is 6.54 Å². The average Bonchev–Trinajstić information content (AvgIpc) is 2.17. The van der Waals surface area contributed by atoms with Crippen LogP contribution in [0, 0.1) is 0 Å². The Morgan fingerprint density at radius 3 is 2.47 bits per heavy atom. The van der Waals surface area contributed by atoms with Crippen LogP contribution in [0.15, 0.2) is 24.3 Å². The van der Waals surface area contributed by atoms with Gasteiger partial charge >= 0.3 is 0 Å². The molecule has 1 aromatic rings. The molecule has 0 spiro atoms. The molecule has 0 aliphatic carbocycles. The maximum Gasteiger partial charge on any atom is 0.119 e. The molecule has 0 unspecified atom stereocenters. The van der Waals surface area contributed by atoms with Crippen LogP contribution in [0.5, 0.6) is 5.75 Å². The van der Waals surface area contributed by atoms with Crippen LogP contribution in [-0.4, -0.2) is 32.2 Å². The normalized spacial score (nSPS) is 10.7. The lowest BCUT2D eigenvalue weighted by Gasteiger charge is -2.28. The Kier molecular flexibility index (Phi) is 6.20. The van der Waals surface area contributed by atoms with E-state index < -0.39 is 0 Å². The van der Waals surface area contributed by atoms with Crippen molar-refractivity contribution < 1.29 is 33.2 Å². The molecule has 0 N–H and O–H groups in total. The van der Waals surface area contributed by atoms with Gasteiger partial charge < -0.3 is 33.2 Å². The Balaban J connectivity index is 0.00000196. The topological polar surface area (TPSA) is 9.23 Å². The predicted octanol–water partition coefficient (Wildman–Crippen LogP) is -0.704. The average molecular weight is 321 g/mol. The molecule has 0 bridgehead atoms. The lowest BCUT2D eigenvalue weighted by Crippen LogP contribution is -3.00. The van der Waals surface area contributed by atoms with Crippen LogP contribution in [0.2, 0.25) is 0 Å². The first-order valence-corrected chi connectivity index (χ1v) is 5.02. The van der Waals surface area contributed by atoms with Crippen molar-refractivity contribution in [3.63, 3.8) is 0 Å². The molecule has 0 fully saturated rings. The van der Waals surface area contributed by atoms with Crippen molar-refractivity contribution in [2.24, 2.45) is 0 Å². The van der Waals surface area contributed by atoms with Crippen LogP contribution in [0.3, 0.4) is 0 Å². The summed E-state index contributed by atoms with van der Waals surface area (Å²) in [7, 11) is 6.18. The summed E-state index contributed by atoms with van der Waals surface area (Å²) in [6, 6.07) is 8.28. The Bertz CT molecular complexity index is 299. The second-order valence-electron chi connectivity index (χ2n) is 4.26. The van der Waals surface area contributed by atoms with Gasteiger partial charge in [0.15, 0.2) is 0 Å². The third kappa shape index (κ3) is 4.84. The van der Waals surface area contributed by atoms with Crippen LogP contribution in [0.4, 0.5) is 0 Å². The maximum absolute atomic E-state index is 5.20. The zero-order valence-electron chi connectivity index (χ0n) is 9.96. The van der Waals surface area contributed by atoms with Gasteiger partial charge in [-0.3, -0.25) is 0 Å². The van der Waals surface area contributed by atoms with Crippen LogP contribution in [0.1, 0.15) is 12.5 Å². The van der Waals surface area contributed by atoms with E-state index >= 15 is 0 Å². The molecule has 0 saturated carbocycles. The van der Waals surface area contributed by atoms with Gasteiger partial charge in [-0.25, -0.2) is 0 Å². The summed E-state index contributed by atoms with van der Waals surface area (Å²) in [6.45, 7) is 4.39. The van der Waals surface area contributed by atoms with E-state index in [4.69, 9.17) is 4.74 Å². The molecule has 0 radical (unpaired) electrons. The SMILES string of the molecule is CC[N+](C)(C)Cc1cccc(OC)c1.[I-]. The summed E-state index contributed by atoms with van der Waals surface area (Å²) >= 11 is 0. The number of nitrogens with zero attached hydrogens (tertiary/aromatic N) is 1. The first-order valence-electron chi connectivity index (χ1n) is 5.02. The minimum absolute atomic E-state index is 0. The van der Waals surface area contributed by atoms with Crippen molar-refractivity contribution in [1.29, 1.82) is 0 Å². The highest BCUT2D eigenvalue weighted by Gasteiger charge is 2.12. The highest BCUT2D eigenvalue weighted by atomic mass is 127. The number of hydrogen-bond donors (Lipinski definition) is 0. The van der Waals surface area contributed by atoms with Gasteiger partial charge in [-0.2, -0.15) is 0 Å². The largest absolute Gasteiger partial charge is 1.00 e. The number of quaternary nitrogens is 1. The first-order chi connectivity index (χ1) is 6.57. The predicted molar refractivity (Wildman–Crippen MR) is 59.3 cm³/mol. The Morgan fingerprint density at radius 2 is 1.93 bits per heavy atom. The maximum atomic E-state index is 5.20. The third-order valence-electron chi connectivity index (χ3n) is 2.60. The van der Waals surface area contributed by atoms with Crippen LogP contribution in [0.25, 0.3) is 0 Å². The Labute approximate surface area is 110 Å². The molecule has 0 aliphatic rings. The summed E-state index contributed by atoms with van der Waals surface area (Å²) in [6.07, 6.45) is 0. The van der Waals surface area contributed by atoms with E-state index in [9.17, 15) is 0 Å². The second-order valence-corrected chi connectivity index (χ2v) is 4.26. The van der Waals surface area contributed by atoms with Crippen LogP contribution >= 0.6 is 0 Å². The molecule has 0 amide bonds. The molecule has 15 heavy (non-hydrogen) atoms. The fourth-order valence-corrected chi connectivity index (χ4v) is 1.38. The standard InChI is InChI=1S/C12H20NO.HI/c1-5-13(2,3)10-11-7-6-8-12(9-11)14-4;/h6-9H,5,10H2,1-4H3;1H/q+1;/p-1. The molecule has 2 nitrogen and oxygen atoms in total. The van der Waals surface area contributed by atoms with Crippen molar-refractivity contribution in [1.82, 2.24) is 0 Å². The van der Waals surface area contributed by atoms with Gasteiger partial charge in [0.2, 0.25) is 0 Å². The summed E-state index contributed by atoms with van der Waals surface area (Å²) in [5, 5.41) is 0. The lowest BCUT2D eigenvalue weighted by molar-refractivity contribution is -0.901. The summed E-state index contributed by atoms with van der Waals surface area (Å²) in [5.41, 5.74) is 1.33. The summed E-state index contributed by atoms with van der Waals surface area (Å²) in [4.78, 5) is 0. The summed E-state index contributed by atoms with van der Waals surface area (Å²) < 4.78 is 6.20. The molecular formula is C12H20INO. The van der Waals surface area contributed by atoms with Crippen molar-refractivity contribution in [3.8, 4) is 5.75 Å².